The summed E-state index contributed by atoms with van der Waals surface area (Å²) >= 11 is 0. The van der Waals surface area contributed by atoms with Crippen LogP contribution in [0.1, 0.15) is 86.5 Å². The summed E-state index contributed by atoms with van der Waals surface area (Å²) in [6, 6.07) is 0. The fourth-order valence-corrected chi connectivity index (χ4v) is 9.58. The summed E-state index contributed by atoms with van der Waals surface area (Å²) in [4.78, 5) is 27.8. The highest BCUT2D eigenvalue weighted by molar-refractivity contribution is 6.74. The molecule has 190 valence electrons. The van der Waals surface area contributed by atoms with Crippen LogP contribution in [-0.2, 0) is 18.4 Å². The monoisotopic (exact) mass is 494 g/mol. The summed E-state index contributed by atoms with van der Waals surface area (Å²) in [6.07, 6.45) is 5.43. The summed E-state index contributed by atoms with van der Waals surface area (Å²) in [5.74, 6) is 0.870. The number of hydrogen-bond donors (Lipinski definition) is 0. The van der Waals surface area contributed by atoms with Gasteiger partial charge in [0.1, 0.15) is 11.4 Å². The van der Waals surface area contributed by atoms with Gasteiger partial charge in [0, 0.05) is 29.8 Å². The average Bonchev–Trinajstić information content (AvgIpc) is 2.62. The molecule has 3 rings (SSSR count). The molecule has 0 aromatic rings. The highest BCUT2D eigenvalue weighted by Gasteiger charge is 2.65. The third-order valence-electron chi connectivity index (χ3n) is 9.99. The van der Waals surface area contributed by atoms with Crippen LogP contribution in [0, 0.1) is 22.7 Å². The van der Waals surface area contributed by atoms with Gasteiger partial charge in [0.15, 0.2) is 22.4 Å². The minimum atomic E-state index is -2.04. The number of hydrogen-bond acceptors (Lipinski definition) is 4. The first-order valence-electron chi connectivity index (χ1n) is 13.2. The molecule has 0 aromatic heterocycles. The van der Waals surface area contributed by atoms with Crippen molar-refractivity contribution in [3.63, 3.8) is 0 Å². The molecule has 6 heteroatoms. The van der Waals surface area contributed by atoms with E-state index in [1.165, 1.54) is 0 Å². The van der Waals surface area contributed by atoms with Crippen LogP contribution >= 0.6 is 0 Å². The first kappa shape index (κ1) is 27.3. The number of ketones is 2. The van der Waals surface area contributed by atoms with Gasteiger partial charge < -0.3 is 8.85 Å². The molecule has 3 aliphatic carbocycles. The van der Waals surface area contributed by atoms with E-state index in [0.29, 0.717) is 25.0 Å². The molecule has 0 aliphatic heterocycles. The van der Waals surface area contributed by atoms with Crippen molar-refractivity contribution in [3.8, 4) is 0 Å². The maximum atomic E-state index is 13.9. The molecule has 0 spiro atoms. The zero-order valence-electron chi connectivity index (χ0n) is 23.3. The van der Waals surface area contributed by atoms with E-state index >= 15 is 0 Å². The number of fused-ring (bicyclic) bond motifs is 3. The maximum Gasteiger partial charge on any atom is 0.192 e. The SMILES string of the molecule is CC1(C)C2CCC(=O)C1(O[Si](C)(C)C)C[C@@H]1[C@H](O[Si](C)(C)C(C)(C)C)CCC[C@@]1(C)C(=O)C2. The predicted octanol–water partition coefficient (Wildman–Crippen LogP) is 7.14. The Balaban J connectivity index is 2.15. The molecule has 3 fully saturated rings. The first-order valence-corrected chi connectivity index (χ1v) is 19.5. The standard InChI is InChI=1S/C27H50O4Si2/c1-24(2,3)33(10,11)30-21-13-12-16-26(6)20(21)18-27(31-32(7,8)9)22(28)15-14-19(17-23(26)29)25(27,4)5/h19-21H,12-18H2,1-11H3/t19?,20-,21-,26-,27?/m1/s1. The van der Waals surface area contributed by atoms with Gasteiger partial charge in [-0.15, -0.1) is 0 Å². The molecule has 5 atom stereocenters. The van der Waals surface area contributed by atoms with Crippen molar-refractivity contribution in [2.24, 2.45) is 22.7 Å². The number of rotatable bonds is 4. The van der Waals surface area contributed by atoms with Crippen molar-refractivity contribution < 1.29 is 18.4 Å². The van der Waals surface area contributed by atoms with Gasteiger partial charge in [-0.1, -0.05) is 41.5 Å². The largest absolute Gasteiger partial charge is 0.414 e. The van der Waals surface area contributed by atoms with Crippen molar-refractivity contribution in [1.29, 1.82) is 0 Å². The van der Waals surface area contributed by atoms with Gasteiger partial charge in [0.05, 0.1) is 0 Å². The van der Waals surface area contributed by atoms with E-state index in [0.717, 1.165) is 25.7 Å². The Morgan fingerprint density at radius 2 is 1.55 bits per heavy atom. The van der Waals surface area contributed by atoms with Crippen LogP contribution in [0.5, 0.6) is 0 Å². The molecule has 33 heavy (non-hydrogen) atoms. The number of carbonyl (C=O) groups excluding carboxylic acids is 2. The third-order valence-corrected chi connectivity index (χ3v) is 15.5. The Morgan fingerprint density at radius 3 is 2.09 bits per heavy atom. The first-order chi connectivity index (χ1) is 14.8. The van der Waals surface area contributed by atoms with Crippen LogP contribution in [0.15, 0.2) is 0 Å². The van der Waals surface area contributed by atoms with E-state index in [1.54, 1.807) is 0 Å². The summed E-state index contributed by atoms with van der Waals surface area (Å²) < 4.78 is 14.1. The molecule has 0 amide bonds. The molecule has 2 bridgehead atoms. The van der Waals surface area contributed by atoms with Crippen LogP contribution in [-0.4, -0.2) is 39.9 Å². The highest BCUT2D eigenvalue weighted by Crippen LogP contribution is 2.60. The topological polar surface area (TPSA) is 52.6 Å². The van der Waals surface area contributed by atoms with Crippen LogP contribution in [0.25, 0.3) is 0 Å². The van der Waals surface area contributed by atoms with Crippen LogP contribution in [0.4, 0.5) is 0 Å². The quantitative estimate of drug-likeness (QED) is 0.390. The average molecular weight is 495 g/mol. The molecule has 0 aromatic carbocycles. The highest BCUT2D eigenvalue weighted by atomic mass is 28.4. The Hall–Kier alpha value is -0.306. The Kier molecular flexibility index (Phi) is 6.93. The fourth-order valence-electron chi connectivity index (χ4n) is 6.68. The van der Waals surface area contributed by atoms with Gasteiger partial charge >= 0.3 is 0 Å². The van der Waals surface area contributed by atoms with Crippen LogP contribution in [0.3, 0.4) is 0 Å². The Labute approximate surface area is 205 Å². The van der Waals surface area contributed by atoms with Crippen LogP contribution in [0.2, 0.25) is 37.8 Å². The van der Waals surface area contributed by atoms with Crippen molar-refractivity contribution in [2.75, 3.05) is 0 Å². The minimum Gasteiger partial charge on any atom is -0.414 e. The molecule has 2 unspecified atom stereocenters. The van der Waals surface area contributed by atoms with E-state index in [-0.39, 0.29) is 34.2 Å². The van der Waals surface area contributed by atoms with E-state index in [4.69, 9.17) is 8.85 Å². The van der Waals surface area contributed by atoms with Gasteiger partial charge in [-0.3, -0.25) is 9.59 Å². The van der Waals surface area contributed by atoms with E-state index in [1.807, 2.05) is 0 Å². The van der Waals surface area contributed by atoms with Crippen LogP contribution < -0.4 is 0 Å². The lowest BCUT2D eigenvalue weighted by Gasteiger charge is -2.61. The van der Waals surface area contributed by atoms with E-state index in [2.05, 4.69) is 74.3 Å². The summed E-state index contributed by atoms with van der Waals surface area (Å²) in [5, 5.41) is 0.101. The molecule has 3 aliphatic rings. The molecular weight excluding hydrogens is 444 g/mol. The van der Waals surface area contributed by atoms with Crippen molar-refractivity contribution in [2.45, 2.75) is 136 Å². The molecule has 0 radical (unpaired) electrons. The number of Topliss-reactive ketones (excluding diaryl/α,β-unsaturated/α-hetero) is 2. The molecule has 0 heterocycles. The van der Waals surface area contributed by atoms with E-state index < -0.39 is 27.7 Å². The minimum absolute atomic E-state index is 0.0118. The van der Waals surface area contributed by atoms with Crippen molar-refractivity contribution in [1.82, 2.24) is 0 Å². The molecule has 0 N–H and O–H groups in total. The predicted molar refractivity (Wildman–Crippen MR) is 140 cm³/mol. The van der Waals surface area contributed by atoms with Crippen molar-refractivity contribution in [3.05, 3.63) is 0 Å². The summed E-state index contributed by atoms with van der Waals surface area (Å²) in [5.41, 5.74) is -1.62. The Morgan fingerprint density at radius 1 is 0.939 bits per heavy atom. The second-order valence-electron chi connectivity index (χ2n) is 14.6. The smallest absolute Gasteiger partial charge is 0.192 e. The van der Waals surface area contributed by atoms with Crippen molar-refractivity contribution >= 4 is 28.2 Å². The van der Waals surface area contributed by atoms with Gasteiger partial charge in [0.25, 0.3) is 0 Å². The van der Waals surface area contributed by atoms with Gasteiger partial charge in [-0.05, 0) is 81.7 Å². The second-order valence-corrected chi connectivity index (χ2v) is 23.8. The second kappa shape index (κ2) is 8.38. The third kappa shape index (κ3) is 4.63. The van der Waals surface area contributed by atoms with Gasteiger partial charge in [-0.25, -0.2) is 0 Å². The summed E-state index contributed by atoms with van der Waals surface area (Å²) in [6.45, 7) is 24.6. The molecule has 3 saturated carbocycles. The van der Waals surface area contributed by atoms with E-state index in [9.17, 15) is 9.59 Å². The lowest BCUT2D eigenvalue weighted by atomic mass is 9.48. The summed E-state index contributed by atoms with van der Waals surface area (Å²) in [7, 11) is -4.07. The zero-order valence-corrected chi connectivity index (χ0v) is 25.3. The lowest BCUT2D eigenvalue weighted by Crippen LogP contribution is -2.67. The Bertz CT molecular complexity index is 791. The zero-order chi connectivity index (χ0) is 25.3. The molecule has 4 nitrogen and oxygen atoms in total. The maximum absolute atomic E-state index is 13.9. The molecule has 0 saturated heterocycles. The fraction of sp³-hybridized carbons (Fsp3) is 0.926. The van der Waals surface area contributed by atoms with Gasteiger partial charge in [-0.2, -0.15) is 0 Å². The molecular formula is C27H50O4Si2. The lowest BCUT2D eigenvalue weighted by molar-refractivity contribution is -0.184. The normalized spacial score (nSPS) is 37.8. The number of carbonyl (C=O) groups is 2. The van der Waals surface area contributed by atoms with Gasteiger partial charge in [0.2, 0.25) is 0 Å².